The molecule has 0 bridgehead atoms. The van der Waals surface area contributed by atoms with Crippen LogP contribution in [0.4, 0.5) is 0 Å². The van der Waals surface area contributed by atoms with Gasteiger partial charge in [-0.2, -0.15) is 0 Å². The molecule has 2 unspecified atom stereocenters. The van der Waals surface area contributed by atoms with Crippen LogP contribution >= 0.6 is 0 Å². The monoisotopic (exact) mass is 136 g/mol. The van der Waals surface area contributed by atoms with E-state index >= 15 is 0 Å². The van der Waals surface area contributed by atoms with E-state index in [0.717, 1.165) is 5.92 Å². The van der Waals surface area contributed by atoms with E-state index in [2.05, 4.69) is 38.7 Å². The Hall–Kier alpha value is -0.520. The summed E-state index contributed by atoms with van der Waals surface area (Å²) < 4.78 is 0. The Kier molecular flexibility index (Phi) is 1.98. The lowest BCUT2D eigenvalue weighted by Gasteiger charge is -2.28. The molecule has 0 saturated heterocycles. The average Bonchev–Trinajstić information content (AvgIpc) is 1.88. The number of allylic oxidation sites excluding steroid dienone is 3. The molecular weight excluding hydrogens is 120 g/mol. The van der Waals surface area contributed by atoms with E-state index in [0.29, 0.717) is 0 Å². The molecule has 10 heavy (non-hydrogen) atoms. The molecule has 0 aliphatic heterocycles. The van der Waals surface area contributed by atoms with Gasteiger partial charge >= 0.3 is 0 Å². The van der Waals surface area contributed by atoms with Crippen LogP contribution < -0.4 is 0 Å². The molecule has 56 valence electrons. The van der Waals surface area contributed by atoms with Crippen LogP contribution in [0, 0.1) is 11.3 Å². The van der Waals surface area contributed by atoms with Crippen LogP contribution in [0.2, 0.25) is 0 Å². The predicted molar refractivity (Wildman–Crippen MR) is 45.8 cm³/mol. The maximum Gasteiger partial charge on any atom is 0.00326 e. The highest BCUT2D eigenvalue weighted by molar-refractivity contribution is 5.10. The first-order valence-corrected chi connectivity index (χ1v) is 3.97. The van der Waals surface area contributed by atoms with Gasteiger partial charge in [-0.15, -0.1) is 6.58 Å². The topological polar surface area (TPSA) is 0 Å². The summed E-state index contributed by atoms with van der Waals surface area (Å²) in [6.07, 6.45) is 9.10. The third kappa shape index (κ3) is 1.50. The van der Waals surface area contributed by atoms with Gasteiger partial charge < -0.3 is 0 Å². The first-order valence-electron chi connectivity index (χ1n) is 3.97. The molecule has 2 atom stereocenters. The van der Waals surface area contributed by atoms with Gasteiger partial charge in [0.05, 0.1) is 0 Å². The summed E-state index contributed by atoms with van der Waals surface area (Å²) in [4.78, 5) is 0. The zero-order chi connectivity index (χ0) is 7.61. The number of rotatable bonds is 1. The average molecular weight is 136 g/mol. The lowest BCUT2D eigenvalue weighted by Crippen LogP contribution is -2.17. The van der Waals surface area contributed by atoms with E-state index in [9.17, 15) is 0 Å². The van der Waals surface area contributed by atoms with Crippen molar-refractivity contribution in [1.29, 1.82) is 0 Å². The molecule has 0 fully saturated rings. The molecule has 1 aliphatic carbocycles. The zero-order valence-electron chi connectivity index (χ0n) is 6.93. The van der Waals surface area contributed by atoms with Crippen molar-refractivity contribution in [2.24, 2.45) is 11.3 Å². The van der Waals surface area contributed by atoms with Gasteiger partial charge in [-0.1, -0.05) is 32.1 Å². The van der Waals surface area contributed by atoms with Crippen molar-refractivity contribution in [3.63, 3.8) is 0 Å². The van der Waals surface area contributed by atoms with Crippen molar-refractivity contribution in [3.8, 4) is 0 Å². The van der Waals surface area contributed by atoms with Crippen molar-refractivity contribution in [1.82, 2.24) is 0 Å². The van der Waals surface area contributed by atoms with Crippen LogP contribution in [0.3, 0.4) is 0 Å². The Morgan fingerprint density at radius 3 is 2.80 bits per heavy atom. The van der Waals surface area contributed by atoms with E-state index in [1.165, 1.54) is 12.8 Å². The minimum Gasteiger partial charge on any atom is -0.102 e. The smallest absolute Gasteiger partial charge is 0.00326 e. The van der Waals surface area contributed by atoms with Crippen molar-refractivity contribution < 1.29 is 0 Å². The van der Waals surface area contributed by atoms with Crippen LogP contribution in [0.1, 0.15) is 26.7 Å². The first kappa shape index (κ1) is 7.59. The van der Waals surface area contributed by atoms with E-state index in [4.69, 9.17) is 0 Å². The summed E-state index contributed by atoms with van der Waals surface area (Å²) in [7, 11) is 0. The molecule has 0 radical (unpaired) electrons. The van der Waals surface area contributed by atoms with Crippen molar-refractivity contribution in [2.45, 2.75) is 26.7 Å². The van der Waals surface area contributed by atoms with Gasteiger partial charge in [-0.25, -0.2) is 0 Å². The molecule has 0 nitrogen and oxygen atoms in total. The molecule has 0 heteroatoms. The zero-order valence-corrected chi connectivity index (χ0v) is 6.93. The van der Waals surface area contributed by atoms with Crippen LogP contribution in [0.5, 0.6) is 0 Å². The Balaban J connectivity index is 2.70. The lowest BCUT2D eigenvalue weighted by atomic mass is 9.76. The Bertz CT molecular complexity index is 155. The Morgan fingerprint density at radius 1 is 1.70 bits per heavy atom. The normalized spacial score (nSPS) is 39.6. The van der Waals surface area contributed by atoms with E-state index in [1.807, 2.05) is 0 Å². The van der Waals surface area contributed by atoms with Gasteiger partial charge in [0.15, 0.2) is 0 Å². The molecular formula is C10H16. The highest BCUT2D eigenvalue weighted by Crippen LogP contribution is 2.34. The summed E-state index contributed by atoms with van der Waals surface area (Å²) >= 11 is 0. The minimum absolute atomic E-state index is 0.275. The number of hydrogen-bond donors (Lipinski definition) is 0. The van der Waals surface area contributed by atoms with E-state index < -0.39 is 0 Å². The molecule has 0 aromatic heterocycles. The summed E-state index contributed by atoms with van der Waals surface area (Å²) in [6.45, 7) is 8.38. The second-order valence-corrected chi connectivity index (χ2v) is 3.66. The largest absolute Gasteiger partial charge is 0.102 e. The molecule has 0 aromatic carbocycles. The van der Waals surface area contributed by atoms with Gasteiger partial charge in [-0.05, 0) is 18.8 Å². The number of hydrogen-bond acceptors (Lipinski definition) is 0. The highest BCUT2D eigenvalue weighted by Gasteiger charge is 2.22. The molecule has 1 rings (SSSR count). The second-order valence-electron chi connectivity index (χ2n) is 3.66. The standard InChI is InChI=1S/C10H16/c1-4-10(3)7-5-6-9(2)8-10/h4-5,7,9H,1,6,8H2,2-3H3. The van der Waals surface area contributed by atoms with Gasteiger partial charge in [0.1, 0.15) is 0 Å². The second kappa shape index (κ2) is 2.61. The van der Waals surface area contributed by atoms with Gasteiger partial charge in [0.25, 0.3) is 0 Å². The molecule has 0 aromatic rings. The van der Waals surface area contributed by atoms with E-state index in [1.54, 1.807) is 0 Å². The van der Waals surface area contributed by atoms with Gasteiger partial charge in [0.2, 0.25) is 0 Å². The van der Waals surface area contributed by atoms with Crippen LogP contribution in [-0.4, -0.2) is 0 Å². The molecule has 0 spiro atoms. The minimum atomic E-state index is 0.275. The predicted octanol–water partition coefficient (Wildman–Crippen LogP) is 3.16. The van der Waals surface area contributed by atoms with Crippen molar-refractivity contribution in [2.75, 3.05) is 0 Å². The fourth-order valence-electron chi connectivity index (χ4n) is 1.62. The lowest BCUT2D eigenvalue weighted by molar-refractivity contribution is 0.370. The third-order valence-electron chi connectivity index (χ3n) is 2.29. The summed E-state index contributed by atoms with van der Waals surface area (Å²) in [5, 5.41) is 0. The van der Waals surface area contributed by atoms with Crippen LogP contribution in [0.15, 0.2) is 24.8 Å². The van der Waals surface area contributed by atoms with Crippen molar-refractivity contribution in [3.05, 3.63) is 24.8 Å². The quantitative estimate of drug-likeness (QED) is 0.486. The van der Waals surface area contributed by atoms with Crippen LogP contribution in [-0.2, 0) is 0 Å². The summed E-state index contributed by atoms with van der Waals surface area (Å²) in [5.41, 5.74) is 0.275. The van der Waals surface area contributed by atoms with Crippen LogP contribution in [0.25, 0.3) is 0 Å². The molecule has 0 N–H and O–H groups in total. The van der Waals surface area contributed by atoms with Crippen molar-refractivity contribution >= 4 is 0 Å². The molecule has 0 amide bonds. The maximum atomic E-state index is 3.84. The molecule has 1 aliphatic rings. The maximum absolute atomic E-state index is 3.84. The SMILES string of the molecule is C=CC1(C)C=CCC(C)C1. The molecule has 0 heterocycles. The summed E-state index contributed by atoms with van der Waals surface area (Å²) in [5.74, 6) is 0.827. The highest BCUT2D eigenvalue weighted by atomic mass is 14.3. The fourth-order valence-corrected chi connectivity index (χ4v) is 1.62. The van der Waals surface area contributed by atoms with Gasteiger partial charge in [-0.3, -0.25) is 0 Å². The first-order chi connectivity index (χ1) is 4.66. The summed E-state index contributed by atoms with van der Waals surface area (Å²) in [6, 6.07) is 0. The van der Waals surface area contributed by atoms with E-state index in [-0.39, 0.29) is 5.41 Å². The Morgan fingerprint density at radius 2 is 2.40 bits per heavy atom. The fraction of sp³-hybridized carbons (Fsp3) is 0.600. The third-order valence-corrected chi connectivity index (χ3v) is 2.29. The van der Waals surface area contributed by atoms with Gasteiger partial charge in [0, 0.05) is 5.41 Å². The Labute approximate surface area is 63.6 Å². The molecule has 0 saturated carbocycles.